The number of pyridine rings is 1. The summed E-state index contributed by atoms with van der Waals surface area (Å²) in [5.41, 5.74) is 2.91. The number of methoxy groups -OCH3 is 1. The molecule has 0 saturated carbocycles. The zero-order chi connectivity index (χ0) is 21.1. The number of carbonyl (C=O) groups excluding carboxylic acids is 1. The largest absolute Gasteiger partial charge is 0.495 e. The van der Waals surface area contributed by atoms with Crippen LogP contribution in [0.2, 0.25) is 5.02 Å². The molecule has 0 saturated heterocycles. The van der Waals surface area contributed by atoms with Crippen LogP contribution in [0.5, 0.6) is 5.75 Å². The van der Waals surface area contributed by atoms with E-state index < -0.39 is 0 Å². The van der Waals surface area contributed by atoms with Crippen LogP contribution in [0, 0.1) is 6.92 Å². The number of hydrogen-bond acceptors (Lipinski definition) is 4. The van der Waals surface area contributed by atoms with Gasteiger partial charge in [-0.15, -0.1) is 0 Å². The fourth-order valence-corrected chi connectivity index (χ4v) is 3.40. The summed E-state index contributed by atoms with van der Waals surface area (Å²) in [6.07, 6.45) is 1.57. The zero-order valence-electron chi connectivity index (χ0n) is 16.6. The van der Waals surface area contributed by atoms with E-state index in [1.807, 2.05) is 61.5 Å². The molecule has 4 rings (SSSR count). The quantitative estimate of drug-likeness (QED) is 0.405. The number of hydrogen-bond donors (Lipinski definition) is 2. The van der Waals surface area contributed by atoms with Crippen molar-refractivity contribution < 1.29 is 9.53 Å². The number of benzene rings is 3. The van der Waals surface area contributed by atoms with Crippen molar-refractivity contribution >= 4 is 45.5 Å². The molecule has 4 aromatic rings. The van der Waals surface area contributed by atoms with E-state index >= 15 is 0 Å². The lowest BCUT2D eigenvalue weighted by atomic mass is 10.1. The second-order valence-electron chi connectivity index (χ2n) is 6.81. The number of nitrogens with zero attached hydrogens (tertiary/aromatic N) is 1. The van der Waals surface area contributed by atoms with E-state index in [0.29, 0.717) is 27.8 Å². The van der Waals surface area contributed by atoms with E-state index in [4.69, 9.17) is 16.3 Å². The van der Waals surface area contributed by atoms with Gasteiger partial charge in [0.25, 0.3) is 5.91 Å². The Labute approximate surface area is 179 Å². The van der Waals surface area contributed by atoms with Crippen LogP contribution in [0.25, 0.3) is 10.8 Å². The highest BCUT2D eigenvalue weighted by molar-refractivity contribution is 6.31. The molecule has 150 valence electrons. The molecule has 0 bridgehead atoms. The summed E-state index contributed by atoms with van der Waals surface area (Å²) in [6.45, 7) is 1.95. The van der Waals surface area contributed by atoms with Gasteiger partial charge in [0.1, 0.15) is 11.6 Å². The third-order valence-electron chi connectivity index (χ3n) is 4.83. The van der Waals surface area contributed by atoms with Gasteiger partial charge in [0.05, 0.1) is 18.4 Å². The highest BCUT2D eigenvalue weighted by Gasteiger charge is 2.15. The van der Waals surface area contributed by atoms with E-state index in [0.717, 1.165) is 22.0 Å². The fourth-order valence-electron chi connectivity index (χ4n) is 3.22. The highest BCUT2D eigenvalue weighted by Crippen LogP contribution is 2.30. The first-order valence-corrected chi connectivity index (χ1v) is 9.80. The maximum Gasteiger partial charge on any atom is 0.257 e. The molecular weight excluding hydrogens is 398 g/mol. The smallest absolute Gasteiger partial charge is 0.257 e. The van der Waals surface area contributed by atoms with Crippen LogP contribution in [0.4, 0.5) is 17.2 Å². The molecule has 0 atom stereocenters. The fraction of sp³-hybridized carbons (Fsp3) is 0.0833. The molecule has 0 spiro atoms. The predicted molar refractivity (Wildman–Crippen MR) is 122 cm³/mol. The molecule has 0 aliphatic heterocycles. The number of carbonyl (C=O) groups is 1. The first-order chi connectivity index (χ1) is 14.6. The SMILES string of the molecule is COc1ccccc1NC(=O)c1cnc(Nc2ccc(C)c(Cl)c2)c2ccccc12. The Morgan fingerprint density at radius 2 is 1.73 bits per heavy atom. The summed E-state index contributed by atoms with van der Waals surface area (Å²) >= 11 is 6.24. The minimum Gasteiger partial charge on any atom is -0.495 e. The normalized spacial score (nSPS) is 10.6. The van der Waals surface area contributed by atoms with Gasteiger partial charge >= 0.3 is 0 Å². The molecule has 0 unspecified atom stereocenters. The van der Waals surface area contributed by atoms with Crippen molar-refractivity contribution in [3.8, 4) is 5.75 Å². The first-order valence-electron chi connectivity index (χ1n) is 9.42. The van der Waals surface area contributed by atoms with Gasteiger partial charge in [0.15, 0.2) is 0 Å². The Morgan fingerprint density at radius 3 is 2.50 bits per heavy atom. The van der Waals surface area contributed by atoms with E-state index in [9.17, 15) is 4.79 Å². The number of aryl methyl sites for hydroxylation is 1. The van der Waals surface area contributed by atoms with E-state index in [2.05, 4.69) is 15.6 Å². The minimum absolute atomic E-state index is 0.256. The number of anilines is 3. The molecule has 3 aromatic carbocycles. The molecule has 0 radical (unpaired) electrons. The molecule has 30 heavy (non-hydrogen) atoms. The van der Waals surface area contributed by atoms with Crippen LogP contribution in [-0.2, 0) is 0 Å². The van der Waals surface area contributed by atoms with Crippen molar-refractivity contribution in [3.05, 3.63) is 89.1 Å². The molecule has 0 aliphatic carbocycles. The standard InChI is InChI=1S/C24H20ClN3O2/c1-15-11-12-16(13-20(15)25)27-23-18-8-4-3-7-17(18)19(14-26-23)24(29)28-21-9-5-6-10-22(21)30-2/h3-14H,1-2H3,(H,26,27)(H,28,29). The van der Waals surface area contributed by atoms with Crippen molar-refractivity contribution in [1.29, 1.82) is 0 Å². The highest BCUT2D eigenvalue weighted by atomic mass is 35.5. The van der Waals surface area contributed by atoms with Crippen LogP contribution < -0.4 is 15.4 Å². The average molecular weight is 418 g/mol. The molecular formula is C24H20ClN3O2. The maximum atomic E-state index is 13.0. The number of fused-ring (bicyclic) bond motifs is 1. The van der Waals surface area contributed by atoms with Crippen molar-refractivity contribution in [2.75, 3.05) is 17.7 Å². The van der Waals surface area contributed by atoms with Gasteiger partial charge < -0.3 is 15.4 Å². The monoisotopic (exact) mass is 417 g/mol. The van der Waals surface area contributed by atoms with Crippen LogP contribution in [0.3, 0.4) is 0 Å². The van der Waals surface area contributed by atoms with Gasteiger partial charge in [-0.3, -0.25) is 4.79 Å². The van der Waals surface area contributed by atoms with Crippen LogP contribution >= 0.6 is 11.6 Å². The van der Waals surface area contributed by atoms with Crippen LogP contribution in [-0.4, -0.2) is 18.0 Å². The Bertz CT molecular complexity index is 1240. The van der Waals surface area contributed by atoms with E-state index in [1.54, 1.807) is 25.4 Å². The number of rotatable bonds is 5. The van der Waals surface area contributed by atoms with Crippen molar-refractivity contribution in [2.45, 2.75) is 6.92 Å². The number of para-hydroxylation sites is 2. The Morgan fingerprint density at radius 1 is 1.00 bits per heavy atom. The van der Waals surface area contributed by atoms with Gasteiger partial charge in [-0.1, -0.05) is 54.1 Å². The Kier molecular flexibility index (Phi) is 5.55. The number of nitrogens with one attached hydrogen (secondary N) is 2. The number of ether oxygens (including phenoxy) is 1. The molecule has 1 aromatic heterocycles. The molecule has 5 nitrogen and oxygen atoms in total. The summed E-state index contributed by atoms with van der Waals surface area (Å²) in [7, 11) is 1.57. The molecule has 1 heterocycles. The summed E-state index contributed by atoms with van der Waals surface area (Å²) in [5, 5.41) is 8.52. The number of halogens is 1. The topological polar surface area (TPSA) is 63.2 Å². The van der Waals surface area contributed by atoms with Gasteiger partial charge in [-0.25, -0.2) is 4.98 Å². The first kappa shape index (κ1) is 19.7. The summed E-state index contributed by atoms with van der Waals surface area (Å²) < 4.78 is 5.32. The summed E-state index contributed by atoms with van der Waals surface area (Å²) in [5.74, 6) is 0.991. The molecule has 0 fully saturated rings. The predicted octanol–water partition coefficient (Wildman–Crippen LogP) is 6.20. The van der Waals surface area contributed by atoms with Crippen molar-refractivity contribution in [3.63, 3.8) is 0 Å². The number of aromatic nitrogens is 1. The lowest BCUT2D eigenvalue weighted by Crippen LogP contribution is -2.14. The second-order valence-corrected chi connectivity index (χ2v) is 7.22. The molecule has 6 heteroatoms. The zero-order valence-corrected chi connectivity index (χ0v) is 17.3. The minimum atomic E-state index is -0.256. The maximum absolute atomic E-state index is 13.0. The van der Waals surface area contributed by atoms with E-state index in [-0.39, 0.29) is 5.91 Å². The Balaban J connectivity index is 1.70. The summed E-state index contributed by atoms with van der Waals surface area (Å²) in [6, 6.07) is 20.7. The molecule has 1 amide bonds. The van der Waals surface area contributed by atoms with Gasteiger partial charge in [0, 0.05) is 22.3 Å². The third kappa shape index (κ3) is 3.93. The Hall–Kier alpha value is -3.57. The average Bonchev–Trinajstić information content (AvgIpc) is 2.77. The second kappa shape index (κ2) is 8.43. The van der Waals surface area contributed by atoms with Gasteiger partial charge in [-0.05, 0) is 42.1 Å². The van der Waals surface area contributed by atoms with E-state index in [1.165, 1.54) is 0 Å². The third-order valence-corrected chi connectivity index (χ3v) is 5.24. The van der Waals surface area contributed by atoms with Crippen LogP contribution in [0.15, 0.2) is 72.9 Å². The van der Waals surface area contributed by atoms with Gasteiger partial charge in [-0.2, -0.15) is 0 Å². The number of amides is 1. The molecule has 2 N–H and O–H groups in total. The lowest BCUT2D eigenvalue weighted by Gasteiger charge is -2.14. The van der Waals surface area contributed by atoms with Crippen molar-refractivity contribution in [1.82, 2.24) is 4.98 Å². The molecule has 0 aliphatic rings. The lowest BCUT2D eigenvalue weighted by molar-refractivity contribution is 0.102. The van der Waals surface area contributed by atoms with Gasteiger partial charge in [0.2, 0.25) is 0 Å². The van der Waals surface area contributed by atoms with Crippen LogP contribution in [0.1, 0.15) is 15.9 Å². The van der Waals surface area contributed by atoms with Crippen molar-refractivity contribution in [2.24, 2.45) is 0 Å². The summed E-state index contributed by atoms with van der Waals surface area (Å²) in [4.78, 5) is 17.5.